The number of para-hydroxylation sites is 2. The highest BCUT2D eigenvalue weighted by Gasteiger charge is 2.14. The molecule has 0 saturated heterocycles. The van der Waals surface area contributed by atoms with E-state index in [4.69, 9.17) is 49.9 Å². The second-order valence-electron chi connectivity index (χ2n) is 9.12. The van der Waals surface area contributed by atoms with Crippen molar-refractivity contribution in [3.8, 4) is 22.6 Å². The van der Waals surface area contributed by atoms with Crippen LogP contribution in [0.2, 0.25) is 0 Å². The van der Waals surface area contributed by atoms with Crippen LogP contribution in [-0.4, -0.2) is 29.5 Å². The van der Waals surface area contributed by atoms with E-state index >= 15 is 0 Å². The lowest BCUT2D eigenvalue weighted by atomic mass is 10.0. The first-order chi connectivity index (χ1) is 21.3. The Labute approximate surface area is 259 Å². The molecular formula is C32H30N4O8S. The van der Waals surface area contributed by atoms with Crippen LogP contribution in [0.15, 0.2) is 121 Å². The predicted molar refractivity (Wildman–Crippen MR) is 173 cm³/mol. The quantitative estimate of drug-likeness (QED) is 0.0640. The number of nitrogens with two attached hydrogens (primary N) is 4. The highest BCUT2D eigenvalue weighted by Crippen LogP contribution is 2.28. The third kappa shape index (κ3) is 11.4. The van der Waals surface area contributed by atoms with E-state index in [2.05, 4.69) is 0 Å². The van der Waals surface area contributed by atoms with E-state index in [-0.39, 0.29) is 11.1 Å². The van der Waals surface area contributed by atoms with Crippen molar-refractivity contribution >= 4 is 45.1 Å². The molecule has 0 aliphatic heterocycles. The van der Waals surface area contributed by atoms with Gasteiger partial charge in [0.1, 0.15) is 11.5 Å². The van der Waals surface area contributed by atoms with E-state index in [1.165, 1.54) is 6.07 Å². The lowest BCUT2D eigenvalue weighted by Crippen LogP contribution is -2.12. The van der Waals surface area contributed by atoms with Gasteiger partial charge in [-0.3, -0.25) is 9.11 Å². The maximum Gasteiger partial charge on any atom is 0.394 e. The van der Waals surface area contributed by atoms with E-state index in [1.807, 2.05) is 36.4 Å². The molecule has 0 heterocycles. The second-order valence-corrected chi connectivity index (χ2v) is 10.0. The summed E-state index contributed by atoms with van der Waals surface area (Å²) in [4.78, 5) is 24.3. The fourth-order valence-electron chi connectivity index (χ4n) is 3.59. The van der Waals surface area contributed by atoms with E-state index in [1.54, 1.807) is 78.9 Å². The third-order valence-electron chi connectivity index (χ3n) is 5.75. The molecule has 0 aliphatic carbocycles. The lowest BCUT2D eigenvalue weighted by molar-refractivity contribution is 0.0734. The van der Waals surface area contributed by atoms with Gasteiger partial charge in [-0.2, -0.15) is 8.42 Å². The molecule has 0 radical (unpaired) electrons. The van der Waals surface area contributed by atoms with Crippen molar-refractivity contribution in [1.82, 2.24) is 0 Å². The Balaban J connectivity index is 0.000000226. The minimum absolute atomic E-state index is 0.279. The van der Waals surface area contributed by atoms with Gasteiger partial charge < -0.3 is 32.4 Å². The average Bonchev–Trinajstić information content (AvgIpc) is 3.00. The van der Waals surface area contributed by atoms with E-state index < -0.39 is 22.3 Å². The summed E-state index contributed by atoms with van der Waals surface area (Å²) < 4.78 is 42.1. The smallest absolute Gasteiger partial charge is 0.394 e. The SMILES string of the molecule is Nc1ccc(-c2ccc(N)c(N)c2)cc1N.O=C(Oc1ccccc1)c1cccc(C(=O)Oc2ccccc2)c1.O=S(=O)(O)O. The van der Waals surface area contributed by atoms with Gasteiger partial charge in [-0.05, 0) is 77.9 Å². The molecule has 10 N–H and O–H groups in total. The topological polar surface area (TPSA) is 231 Å². The van der Waals surface area contributed by atoms with Crippen molar-refractivity contribution in [1.29, 1.82) is 0 Å². The van der Waals surface area contributed by atoms with Crippen LogP contribution in [0.3, 0.4) is 0 Å². The van der Waals surface area contributed by atoms with Gasteiger partial charge in [0.25, 0.3) is 0 Å². The molecule has 0 atom stereocenters. The van der Waals surface area contributed by atoms with Gasteiger partial charge in [-0.1, -0.05) is 54.6 Å². The Bertz CT molecular complexity index is 1740. The van der Waals surface area contributed by atoms with Crippen LogP contribution in [-0.2, 0) is 10.4 Å². The molecule has 232 valence electrons. The van der Waals surface area contributed by atoms with Crippen molar-refractivity contribution in [3.63, 3.8) is 0 Å². The maximum atomic E-state index is 12.2. The number of rotatable bonds is 5. The van der Waals surface area contributed by atoms with Crippen molar-refractivity contribution in [2.75, 3.05) is 22.9 Å². The Morgan fingerprint density at radius 2 is 0.844 bits per heavy atom. The van der Waals surface area contributed by atoms with Gasteiger partial charge in [0, 0.05) is 0 Å². The number of hydrogen-bond donors (Lipinski definition) is 6. The Morgan fingerprint density at radius 3 is 1.18 bits per heavy atom. The van der Waals surface area contributed by atoms with Crippen LogP contribution < -0.4 is 32.4 Å². The zero-order chi connectivity index (χ0) is 33.0. The van der Waals surface area contributed by atoms with Crippen LogP contribution >= 0.6 is 0 Å². The summed E-state index contributed by atoms with van der Waals surface area (Å²) in [6.45, 7) is 0. The monoisotopic (exact) mass is 630 g/mol. The van der Waals surface area contributed by atoms with E-state index in [0.717, 1.165) is 11.1 Å². The first-order valence-electron chi connectivity index (χ1n) is 12.9. The Hall–Kier alpha value is -5.89. The van der Waals surface area contributed by atoms with Crippen molar-refractivity contribution in [3.05, 3.63) is 132 Å². The highest BCUT2D eigenvalue weighted by atomic mass is 32.3. The summed E-state index contributed by atoms with van der Waals surface area (Å²) in [6.07, 6.45) is 0. The minimum Gasteiger partial charge on any atom is -0.423 e. The number of hydrogen-bond acceptors (Lipinski definition) is 10. The van der Waals surface area contributed by atoms with E-state index in [9.17, 15) is 9.59 Å². The maximum absolute atomic E-state index is 12.2. The molecule has 0 bridgehead atoms. The molecule has 0 fully saturated rings. The van der Waals surface area contributed by atoms with Crippen molar-refractivity contribution < 1.29 is 36.6 Å². The molecule has 45 heavy (non-hydrogen) atoms. The van der Waals surface area contributed by atoms with Crippen molar-refractivity contribution in [2.24, 2.45) is 0 Å². The standard InChI is InChI=1S/C20H14O4.C12H14N4.H2O4S/c21-19(23-17-10-3-1-4-11-17)15-8-7-9-16(14-15)20(22)24-18-12-5-2-6-13-18;13-9-3-1-7(5-11(9)15)8-2-4-10(14)12(16)6-8;1-5(2,3)4/h1-14H;1-6H,13-16H2;(H2,1,2,3,4). The average molecular weight is 631 g/mol. The molecule has 5 aromatic carbocycles. The fraction of sp³-hybridized carbons (Fsp3) is 0. The lowest BCUT2D eigenvalue weighted by Gasteiger charge is -2.07. The molecular weight excluding hydrogens is 600 g/mol. The van der Waals surface area contributed by atoms with Gasteiger partial charge in [0.05, 0.1) is 33.9 Å². The third-order valence-corrected chi connectivity index (χ3v) is 5.75. The molecule has 0 aromatic heterocycles. The van der Waals surface area contributed by atoms with Gasteiger partial charge >= 0.3 is 22.3 Å². The number of anilines is 4. The first kappa shape index (κ1) is 33.6. The zero-order valence-electron chi connectivity index (χ0n) is 23.6. The van der Waals surface area contributed by atoms with Crippen molar-refractivity contribution in [2.45, 2.75) is 0 Å². The normalized spacial score (nSPS) is 10.3. The second kappa shape index (κ2) is 15.5. The van der Waals surface area contributed by atoms with Gasteiger partial charge in [-0.15, -0.1) is 0 Å². The van der Waals surface area contributed by atoms with Crippen LogP contribution in [0.1, 0.15) is 20.7 Å². The number of carbonyl (C=O) groups is 2. The molecule has 13 heteroatoms. The summed E-state index contributed by atoms with van der Waals surface area (Å²) in [5, 5.41) is 0. The van der Waals surface area contributed by atoms with Gasteiger partial charge in [0.15, 0.2) is 0 Å². The van der Waals surface area contributed by atoms with Gasteiger partial charge in [0.2, 0.25) is 0 Å². The number of nitrogen functional groups attached to an aromatic ring is 4. The first-order valence-corrected chi connectivity index (χ1v) is 14.3. The Morgan fingerprint density at radius 1 is 0.489 bits per heavy atom. The largest absolute Gasteiger partial charge is 0.423 e. The molecule has 0 saturated carbocycles. The minimum atomic E-state index is -4.67. The Kier molecular flexibility index (Phi) is 11.6. The fourth-order valence-corrected chi connectivity index (χ4v) is 3.59. The molecule has 0 amide bonds. The molecule has 5 rings (SSSR count). The predicted octanol–water partition coefficient (Wildman–Crippen LogP) is 5.15. The number of ether oxygens (including phenoxy) is 2. The summed E-state index contributed by atoms with van der Waals surface area (Å²) in [6, 6.07) is 34.7. The van der Waals surface area contributed by atoms with Crippen LogP contribution in [0.4, 0.5) is 22.7 Å². The van der Waals surface area contributed by atoms with Crippen LogP contribution in [0.5, 0.6) is 11.5 Å². The number of benzene rings is 5. The summed E-state index contributed by atoms with van der Waals surface area (Å²) >= 11 is 0. The zero-order valence-corrected chi connectivity index (χ0v) is 24.4. The highest BCUT2D eigenvalue weighted by molar-refractivity contribution is 7.79. The van der Waals surface area contributed by atoms with Gasteiger partial charge in [-0.25, -0.2) is 9.59 Å². The summed E-state index contributed by atoms with van der Waals surface area (Å²) in [7, 11) is -4.67. The van der Waals surface area contributed by atoms with Crippen LogP contribution in [0, 0.1) is 0 Å². The van der Waals surface area contributed by atoms with E-state index in [0.29, 0.717) is 34.2 Å². The molecule has 0 unspecified atom stereocenters. The number of carbonyl (C=O) groups excluding carboxylic acids is 2. The van der Waals surface area contributed by atoms with Crippen LogP contribution in [0.25, 0.3) is 11.1 Å². The molecule has 0 aliphatic rings. The molecule has 12 nitrogen and oxygen atoms in total. The summed E-state index contributed by atoms with van der Waals surface area (Å²) in [5.41, 5.74) is 27.6. The summed E-state index contributed by atoms with van der Waals surface area (Å²) in [5.74, 6) is -0.175. The molecule has 0 spiro atoms. The molecule has 5 aromatic rings. The number of esters is 2.